The molecule has 0 unspecified atom stereocenters. The number of hydrogen-bond acceptors (Lipinski definition) is 3. The Kier molecular flexibility index (Phi) is 4.53. The van der Waals surface area contributed by atoms with Gasteiger partial charge >= 0.3 is 0 Å². The van der Waals surface area contributed by atoms with Gasteiger partial charge < -0.3 is 9.64 Å². The van der Waals surface area contributed by atoms with Crippen LogP contribution in [0, 0.1) is 9.52 Å². The second kappa shape index (κ2) is 5.45. The monoisotopic (exact) mass is 310 g/mol. The van der Waals surface area contributed by atoms with Crippen LogP contribution in [-0.2, 0) is 0 Å². The lowest BCUT2D eigenvalue weighted by Crippen LogP contribution is -2.19. The van der Waals surface area contributed by atoms with Crippen LogP contribution in [0.5, 0.6) is 5.88 Å². The molecule has 5 heteroatoms. The van der Waals surface area contributed by atoms with Crippen LogP contribution in [0.2, 0.25) is 0 Å². The number of nitrogens with zero attached hydrogens (tertiary/aromatic N) is 2. The molecule has 1 heterocycles. The number of ether oxygens (including phenoxy) is 1. The highest BCUT2D eigenvalue weighted by Gasteiger charge is 2.01. The summed E-state index contributed by atoms with van der Waals surface area (Å²) in [4.78, 5) is 5.61. The minimum Gasteiger partial charge on any atom is -0.476 e. The molecular formula is C9H12FIN2O. The second-order valence-corrected chi connectivity index (χ2v) is 4.34. The van der Waals surface area contributed by atoms with Crippen molar-refractivity contribution in [3.8, 4) is 5.88 Å². The molecule has 0 atom stereocenters. The van der Waals surface area contributed by atoms with Crippen molar-refractivity contribution in [2.24, 2.45) is 0 Å². The van der Waals surface area contributed by atoms with E-state index in [2.05, 4.69) is 4.98 Å². The Balaban J connectivity index is 2.50. The van der Waals surface area contributed by atoms with Crippen LogP contribution in [0.3, 0.4) is 0 Å². The number of likely N-dealkylation sites (N-methyl/N-ethyl adjacent to an activating group) is 1. The lowest BCUT2D eigenvalue weighted by molar-refractivity contribution is 0.251. The molecule has 0 saturated heterocycles. The van der Waals surface area contributed by atoms with E-state index in [1.54, 1.807) is 6.07 Å². The fourth-order valence-electron chi connectivity index (χ4n) is 0.850. The molecule has 3 nitrogen and oxygen atoms in total. The fraction of sp³-hybridized carbons (Fsp3) is 0.444. The largest absolute Gasteiger partial charge is 0.476 e. The average molecular weight is 310 g/mol. The third-order valence-corrected chi connectivity index (χ3v) is 2.15. The molecule has 0 bridgehead atoms. The van der Waals surface area contributed by atoms with Crippen molar-refractivity contribution in [3.05, 3.63) is 21.7 Å². The molecule has 0 radical (unpaired) electrons. The first-order valence-electron chi connectivity index (χ1n) is 4.18. The van der Waals surface area contributed by atoms with E-state index in [1.807, 2.05) is 41.6 Å². The van der Waals surface area contributed by atoms with E-state index in [0.717, 1.165) is 10.1 Å². The summed E-state index contributed by atoms with van der Waals surface area (Å²) in [6, 6.07) is 3.07. The number of aromatic nitrogens is 1. The summed E-state index contributed by atoms with van der Waals surface area (Å²) >= 11 is 2.03. The van der Waals surface area contributed by atoms with Crippen LogP contribution in [0.15, 0.2) is 12.1 Å². The lowest BCUT2D eigenvalue weighted by atomic mass is 10.5. The van der Waals surface area contributed by atoms with Gasteiger partial charge in [-0.15, -0.1) is 0 Å². The Hall–Kier alpha value is -0.430. The van der Waals surface area contributed by atoms with Crippen LogP contribution < -0.4 is 4.74 Å². The zero-order valence-corrected chi connectivity index (χ0v) is 10.3. The lowest BCUT2D eigenvalue weighted by Gasteiger charge is -2.10. The van der Waals surface area contributed by atoms with Gasteiger partial charge in [0.25, 0.3) is 0 Å². The van der Waals surface area contributed by atoms with E-state index in [4.69, 9.17) is 4.74 Å². The molecule has 0 aliphatic rings. The van der Waals surface area contributed by atoms with Crippen molar-refractivity contribution in [1.82, 2.24) is 9.88 Å². The van der Waals surface area contributed by atoms with Gasteiger partial charge in [-0.05, 0) is 36.7 Å². The van der Waals surface area contributed by atoms with Crippen LogP contribution in [-0.4, -0.2) is 37.1 Å². The zero-order valence-electron chi connectivity index (χ0n) is 8.13. The van der Waals surface area contributed by atoms with E-state index < -0.39 is 5.95 Å². The molecule has 0 saturated carbocycles. The molecule has 0 aliphatic heterocycles. The number of rotatable bonds is 4. The molecule has 14 heavy (non-hydrogen) atoms. The smallest absolute Gasteiger partial charge is 0.217 e. The Labute approximate surface area is 96.4 Å². The fourth-order valence-corrected chi connectivity index (χ4v) is 1.37. The quantitative estimate of drug-likeness (QED) is 0.626. The van der Waals surface area contributed by atoms with Gasteiger partial charge in [-0.1, -0.05) is 0 Å². The summed E-state index contributed by atoms with van der Waals surface area (Å²) in [5, 5.41) is 0. The van der Waals surface area contributed by atoms with Crippen LogP contribution in [0.25, 0.3) is 0 Å². The molecular weight excluding hydrogens is 298 g/mol. The first-order chi connectivity index (χ1) is 6.58. The number of pyridine rings is 1. The minimum absolute atomic E-state index is 0.344. The van der Waals surface area contributed by atoms with Gasteiger partial charge in [0.1, 0.15) is 6.61 Å². The van der Waals surface area contributed by atoms with Crippen LogP contribution >= 0.6 is 22.6 Å². The standard InChI is InChI=1S/C9H12FIN2O/c1-13(2)3-4-14-9-6-7(11)5-8(10)12-9/h5-6H,3-4H2,1-2H3. The molecule has 0 spiro atoms. The van der Waals surface area contributed by atoms with Gasteiger partial charge in [0, 0.05) is 22.2 Å². The predicted molar refractivity (Wildman–Crippen MR) is 61.0 cm³/mol. The topological polar surface area (TPSA) is 25.4 Å². The van der Waals surface area contributed by atoms with Gasteiger partial charge in [-0.3, -0.25) is 0 Å². The maximum Gasteiger partial charge on any atom is 0.217 e. The van der Waals surface area contributed by atoms with Gasteiger partial charge in [0.2, 0.25) is 11.8 Å². The van der Waals surface area contributed by atoms with E-state index in [9.17, 15) is 4.39 Å². The minimum atomic E-state index is -0.503. The summed E-state index contributed by atoms with van der Waals surface area (Å²) in [5.41, 5.74) is 0. The summed E-state index contributed by atoms with van der Waals surface area (Å²) in [6.45, 7) is 1.30. The molecule has 0 aliphatic carbocycles. The van der Waals surface area contributed by atoms with E-state index in [-0.39, 0.29) is 0 Å². The number of halogens is 2. The third kappa shape index (κ3) is 4.19. The van der Waals surface area contributed by atoms with Gasteiger partial charge in [0.15, 0.2) is 0 Å². The van der Waals surface area contributed by atoms with Crippen LogP contribution in [0.1, 0.15) is 0 Å². The Bertz CT molecular complexity index is 287. The summed E-state index contributed by atoms with van der Waals surface area (Å²) in [5.74, 6) is -0.159. The molecule has 78 valence electrons. The first-order valence-corrected chi connectivity index (χ1v) is 5.26. The molecule has 1 aromatic rings. The molecule has 0 amide bonds. The van der Waals surface area contributed by atoms with Crippen molar-refractivity contribution < 1.29 is 9.13 Å². The molecule has 0 aromatic carbocycles. The highest BCUT2D eigenvalue weighted by molar-refractivity contribution is 14.1. The molecule has 1 aromatic heterocycles. The summed E-state index contributed by atoms with van der Waals surface area (Å²) < 4.78 is 18.9. The second-order valence-electron chi connectivity index (χ2n) is 3.10. The maximum absolute atomic E-state index is 12.8. The van der Waals surface area contributed by atoms with E-state index in [0.29, 0.717) is 12.5 Å². The average Bonchev–Trinajstić information content (AvgIpc) is 2.01. The Morgan fingerprint density at radius 1 is 1.50 bits per heavy atom. The predicted octanol–water partition coefficient (Wildman–Crippen LogP) is 1.77. The molecule has 1 rings (SSSR count). The SMILES string of the molecule is CN(C)CCOc1cc(I)cc(F)n1. The normalized spacial score (nSPS) is 10.6. The van der Waals surface area contributed by atoms with Gasteiger partial charge in [-0.25, -0.2) is 0 Å². The number of hydrogen-bond donors (Lipinski definition) is 0. The van der Waals surface area contributed by atoms with Gasteiger partial charge in [-0.2, -0.15) is 9.37 Å². The van der Waals surface area contributed by atoms with E-state index >= 15 is 0 Å². The van der Waals surface area contributed by atoms with Crippen molar-refractivity contribution in [2.45, 2.75) is 0 Å². The van der Waals surface area contributed by atoms with Crippen molar-refractivity contribution in [2.75, 3.05) is 27.2 Å². The molecule has 0 N–H and O–H groups in total. The first kappa shape index (κ1) is 11.6. The highest BCUT2D eigenvalue weighted by Crippen LogP contribution is 2.13. The third-order valence-electron chi connectivity index (χ3n) is 1.52. The van der Waals surface area contributed by atoms with Crippen molar-refractivity contribution >= 4 is 22.6 Å². The summed E-state index contributed by atoms with van der Waals surface area (Å²) in [6.07, 6.45) is 0. The highest BCUT2D eigenvalue weighted by atomic mass is 127. The molecule has 0 fully saturated rings. The summed E-state index contributed by atoms with van der Waals surface area (Å²) in [7, 11) is 3.90. The van der Waals surface area contributed by atoms with Crippen molar-refractivity contribution in [3.63, 3.8) is 0 Å². The van der Waals surface area contributed by atoms with Crippen molar-refractivity contribution in [1.29, 1.82) is 0 Å². The Morgan fingerprint density at radius 2 is 2.21 bits per heavy atom. The maximum atomic E-state index is 12.8. The van der Waals surface area contributed by atoms with Crippen LogP contribution in [0.4, 0.5) is 4.39 Å². The zero-order chi connectivity index (χ0) is 10.6. The van der Waals surface area contributed by atoms with Gasteiger partial charge in [0.05, 0.1) is 0 Å². The Morgan fingerprint density at radius 3 is 2.79 bits per heavy atom. The van der Waals surface area contributed by atoms with E-state index in [1.165, 1.54) is 6.07 Å².